The molecule has 0 bridgehead atoms. The number of carbonyl (C=O) groups excluding carboxylic acids is 3. The van der Waals surface area contributed by atoms with Gasteiger partial charge in [0, 0.05) is 24.7 Å². The van der Waals surface area contributed by atoms with Crippen LogP contribution in [0, 0.1) is 28.6 Å². The lowest BCUT2D eigenvalue weighted by Crippen LogP contribution is -2.59. The molecule has 0 aromatic heterocycles. The molecule has 4 nitrogen and oxygen atoms in total. The van der Waals surface area contributed by atoms with Crippen LogP contribution in [0.15, 0.2) is 11.6 Å². The number of Topliss-reactive ketones (excluding diaryl/α,β-unsaturated/α-hetero) is 1. The summed E-state index contributed by atoms with van der Waals surface area (Å²) in [6, 6.07) is 0. The highest BCUT2D eigenvalue weighted by Crippen LogP contribution is 2.68. The van der Waals surface area contributed by atoms with E-state index >= 15 is 0 Å². The topological polar surface area (TPSA) is 60.4 Å². The molecular formula is C27H40O4. The van der Waals surface area contributed by atoms with Crippen LogP contribution >= 0.6 is 0 Å². The summed E-state index contributed by atoms with van der Waals surface area (Å²) in [6.45, 7) is 8.61. The fourth-order valence-electron chi connectivity index (χ4n) is 8.09. The van der Waals surface area contributed by atoms with E-state index in [1.807, 2.05) is 13.0 Å². The van der Waals surface area contributed by atoms with Gasteiger partial charge in [0.2, 0.25) is 0 Å². The van der Waals surface area contributed by atoms with Crippen molar-refractivity contribution < 1.29 is 19.1 Å². The Balaban J connectivity index is 1.65. The molecule has 0 unspecified atom stereocenters. The molecule has 31 heavy (non-hydrogen) atoms. The van der Waals surface area contributed by atoms with Crippen LogP contribution in [0.1, 0.15) is 105 Å². The van der Waals surface area contributed by atoms with Crippen LogP contribution in [-0.4, -0.2) is 23.1 Å². The van der Waals surface area contributed by atoms with Crippen LogP contribution < -0.4 is 0 Å². The molecule has 0 heterocycles. The number of unbranched alkanes of at least 4 members (excludes halogenated alkanes) is 1. The van der Waals surface area contributed by atoms with Crippen LogP contribution in [-0.2, 0) is 19.1 Å². The minimum absolute atomic E-state index is 0.117. The third-order valence-electron chi connectivity index (χ3n) is 9.88. The monoisotopic (exact) mass is 428 g/mol. The average molecular weight is 429 g/mol. The number of esters is 1. The molecule has 4 aliphatic carbocycles. The van der Waals surface area contributed by atoms with Crippen molar-refractivity contribution >= 4 is 17.5 Å². The third kappa shape index (κ3) is 3.35. The minimum atomic E-state index is -0.943. The lowest BCUT2D eigenvalue weighted by atomic mass is 9.46. The van der Waals surface area contributed by atoms with E-state index in [1.54, 1.807) is 0 Å². The van der Waals surface area contributed by atoms with Crippen molar-refractivity contribution in [2.24, 2.45) is 28.6 Å². The summed E-state index contributed by atoms with van der Waals surface area (Å²) in [5.74, 6) is 1.75. The van der Waals surface area contributed by atoms with Crippen LogP contribution in [0.5, 0.6) is 0 Å². The maximum atomic E-state index is 13.4. The Hall–Kier alpha value is -1.45. The molecule has 4 aliphatic rings. The second kappa shape index (κ2) is 8.15. The first kappa shape index (κ1) is 22.7. The number of allylic oxidation sites excluding steroid dienone is 1. The second-order valence-corrected chi connectivity index (χ2v) is 11.1. The van der Waals surface area contributed by atoms with Crippen molar-refractivity contribution in [2.45, 2.75) is 110 Å². The summed E-state index contributed by atoms with van der Waals surface area (Å²) in [5.41, 5.74) is 0.275. The van der Waals surface area contributed by atoms with E-state index in [9.17, 15) is 14.4 Å². The minimum Gasteiger partial charge on any atom is -0.450 e. The summed E-state index contributed by atoms with van der Waals surface area (Å²) in [6.07, 6.45) is 11.9. The van der Waals surface area contributed by atoms with Gasteiger partial charge in [-0.25, -0.2) is 0 Å². The first-order valence-corrected chi connectivity index (χ1v) is 12.7. The van der Waals surface area contributed by atoms with E-state index in [1.165, 1.54) is 5.57 Å². The Kier molecular flexibility index (Phi) is 5.98. The Bertz CT molecular complexity index is 797. The molecule has 0 aromatic rings. The Morgan fingerprint density at radius 1 is 1.03 bits per heavy atom. The molecule has 0 radical (unpaired) electrons. The van der Waals surface area contributed by atoms with Crippen LogP contribution in [0.4, 0.5) is 0 Å². The van der Waals surface area contributed by atoms with Gasteiger partial charge in [-0.15, -0.1) is 0 Å². The van der Waals surface area contributed by atoms with E-state index in [2.05, 4.69) is 20.8 Å². The lowest BCUT2D eigenvalue weighted by molar-refractivity contribution is -0.190. The highest BCUT2D eigenvalue weighted by molar-refractivity contribution is 5.92. The number of ether oxygens (including phenoxy) is 1. The smallest absolute Gasteiger partial charge is 0.306 e. The molecular weight excluding hydrogens is 388 g/mol. The maximum absolute atomic E-state index is 13.4. The van der Waals surface area contributed by atoms with Crippen LogP contribution in [0.2, 0.25) is 0 Å². The summed E-state index contributed by atoms with van der Waals surface area (Å²) in [5, 5.41) is 0. The molecule has 3 fully saturated rings. The second-order valence-electron chi connectivity index (χ2n) is 11.1. The predicted octanol–water partition coefficient (Wildman–Crippen LogP) is 5.97. The number of ketones is 2. The van der Waals surface area contributed by atoms with E-state index in [4.69, 9.17) is 4.74 Å². The lowest BCUT2D eigenvalue weighted by Gasteiger charge is -2.59. The Morgan fingerprint density at radius 2 is 1.77 bits per heavy atom. The van der Waals surface area contributed by atoms with Crippen molar-refractivity contribution in [2.75, 3.05) is 0 Å². The molecule has 0 N–H and O–H groups in total. The van der Waals surface area contributed by atoms with Gasteiger partial charge in [0.1, 0.15) is 0 Å². The van der Waals surface area contributed by atoms with Crippen molar-refractivity contribution in [1.29, 1.82) is 0 Å². The first-order valence-electron chi connectivity index (χ1n) is 12.7. The zero-order chi connectivity index (χ0) is 22.4. The van der Waals surface area contributed by atoms with Gasteiger partial charge >= 0.3 is 5.97 Å². The van der Waals surface area contributed by atoms with E-state index in [0.29, 0.717) is 49.2 Å². The van der Waals surface area contributed by atoms with Gasteiger partial charge < -0.3 is 4.74 Å². The van der Waals surface area contributed by atoms with Crippen LogP contribution in [0.3, 0.4) is 0 Å². The van der Waals surface area contributed by atoms with E-state index < -0.39 is 5.60 Å². The molecule has 0 aliphatic heterocycles. The van der Waals surface area contributed by atoms with Crippen molar-refractivity contribution in [3.8, 4) is 0 Å². The van der Waals surface area contributed by atoms with E-state index in [0.717, 1.165) is 51.4 Å². The molecule has 0 aromatic carbocycles. The predicted molar refractivity (Wildman–Crippen MR) is 120 cm³/mol. The molecule has 0 saturated heterocycles. The number of hydrogen-bond acceptors (Lipinski definition) is 4. The number of rotatable bonds is 6. The summed E-state index contributed by atoms with van der Waals surface area (Å²) in [7, 11) is 0. The maximum Gasteiger partial charge on any atom is 0.306 e. The molecule has 4 rings (SSSR count). The van der Waals surface area contributed by atoms with Gasteiger partial charge in [0.25, 0.3) is 0 Å². The number of hydrogen-bond donors (Lipinski definition) is 0. The SMILES string of the molecule is CCCCC(=O)O[C@]1(C(=O)CC)CC[C@H]2[C@@H]3CCC4=CC(=O)CC[C@]4(C)[C@H]3CC[C@@]21C. The molecule has 0 spiro atoms. The standard InChI is InChI=1S/C27H40O4/c1-5-7-8-24(30)31-27(23(29)6-2)16-13-22-20-10-9-18-17-19(28)11-14-25(18,3)21(20)12-15-26(22,27)4/h17,20-22H,5-16H2,1-4H3/t20-,21+,22+,25+,26+,27+/m1/s1. The largest absolute Gasteiger partial charge is 0.450 e. The summed E-state index contributed by atoms with van der Waals surface area (Å²) >= 11 is 0. The summed E-state index contributed by atoms with van der Waals surface area (Å²) in [4.78, 5) is 38.2. The molecule has 3 saturated carbocycles. The highest BCUT2D eigenvalue weighted by Gasteiger charge is 2.68. The normalized spacial score (nSPS) is 41.6. The average Bonchev–Trinajstić information content (AvgIpc) is 3.05. The zero-order valence-corrected chi connectivity index (χ0v) is 19.9. The van der Waals surface area contributed by atoms with Gasteiger partial charge in [-0.3, -0.25) is 14.4 Å². The fourth-order valence-corrected chi connectivity index (χ4v) is 8.09. The molecule has 4 heteroatoms. The number of carbonyl (C=O) groups is 3. The van der Waals surface area contributed by atoms with E-state index in [-0.39, 0.29) is 22.6 Å². The molecule has 6 atom stereocenters. The van der Waals surface area contributed by atoms with Gasteiger partial charge in [0.15, 0.2) is 17.2 Å². The van der Waals surface area contributed by atoms with Crippen molar-refractivity contribution in [3.63, 3.8) is 0 Å². The van der Waals surface area contributed by atoms with Gasteiger partial charge in [-0.05, 0) is 80.6 Å². The third-order valence-corrected chi connectivity index (χ3v) is 9.88. The quantitative estimate of drug-likeness (QED) is 0.489. The molecule has 0 amide bonds. The van der Waals surface area contributed by atoms with Crippen molar-refractivity contribution in [1.82, 2.24) is 0 Å². The summed E-state index contributed by atoms with van der Waals surface area (Å²) < 4.78 is 6.21. The van der Waals surface area contributed by atoms with Gasteiger partial charge in [-0.1, -0.05) is 39.7 Å². The zero-order valence-electron chi connectivity index (χ0n) is 19.9. The Labute approximate surface area is 187 Å². The van der Waals surface area contributed by atoms with Gasteiger partial charge in [0.05, 0.1) is 0 Å². The Morgan fingerprint density at radius 3 is 2.48 bits per heavy atom. The first-order chi connectivity index (χ1) is 14.7. The number of fused-ring (bicyclic) bond motifs is 5. The van der Waals surface area contributed by atoms with Crippen LogP contribution in [0.25, 0.3) is 0 Å². The fraction of sp³-hybridized carbons (Fsp3) is 0.815. The molecule has 172 valence electrons. The van der Waals surface area contributed by atoms with Crippen molar-refractivity contribution in [3.05, 3.63) is 11.6 Å². The highest BCUT2D eigenvalue weighted by atomic mass is 16.6. The van der Waals surface area contributed by atoms with Gasteiger partial charge in [-0.2, -0.15) is 0 Å².